The molecule has 1 aliphatic heterocycles. The molecular weight excluding hydrogens is 186 g/mol. The number of rotatable bonds is 3. The standard InChI is InChI=1S/C9H15NO2S/c1-8(2)9(3)13(11,12)10-6-4-5-7-10/h1,3-7H2,2H3. The molecule has 0 aromatic carbocycles. The van der Waals surface area contributed by atoms with E-state index in [2.05, 4.69) is 13.2 Å². The first-order valence-electron chi connectivity index (χ1n) is 4.31. The van der Waals surface area contributed by atoms with Crippen LogP contribution in [0.15, 0.2) is 23.6 Å². The molecule has 0 N–H and O–H groups in total. The van der Waals surface area contributed by atoms with E-state index in [1.165, 1.54) is 4.31 Å². The van der Waals surface area contributed by atoms with Gasteiger partial charge in [0.25, 0.3) is 0 Å². The Labute approximate surface area is 79.8 Å². The normalized spacial score (nSPS) is 18.8. The highest BCUT2D eigenvalue weighted by Gasteiger charge is 2.27. The molecule has 1 rings (SSSR count). The third kappa shape index (κ3) is 2.00. The van der Waals surface area contributed by atoms with Crippen LogP contribution in [-0.4, -0.2) is 25.8 Å². The Kier molecular flexibility index (Phi) is 2.93. The zero-order valence-corrected chi connectivity index (χ0v) is 8.73. The van der Waals surface area contributed by atoms with Crippen molar-refractivity contribution in [2.45, 2.75) is 19.8 Å². The molecule has 1 heterocycles. The summed E-state index contributed by atoms with van der Waals surface area (Å²) in [7, 11) is -3.30. The lowest BCUT2D eigenvalue weighted by molar-refractivity contribution is 0.484. The van der Waals surface area contributed by atoms with Gasteiger partial charge in [-0.05, 0) is 25.3 Å². The van der Waals surface area contributed by atoms with E-state index in [1.54, 1.807) is 6.92 Å². The van der Waals surface area contributed by atoms with Crippen LogP contribution in [0.25, 0.3) is 0 Å². The number of sulfonamides is 1. The van der Waals surface area contributed by atoms with Gasteiger partial charge in [-0.2, -0.15) is 4.31 Å². The number of hydrogen-bond acceptors (Lipinski definition) is 2. The fourth-order valence-corrected chi connectivity index (χ4v) is 2.80. The molecular formula is C9H15NO2S. The van der Waals surface area contributed by atoms with Gasteiger partial charge in [0.2, 0.25) is 10.0 Å². The first-order chi connectivity index (χ1) is 5.96. The zero-order valence-electron chi connectivity index (χ0n) is 7.91. The maximum absolute atomic E-state index is 11.7. The second kappa shape index (κ2) is 3.64. The Morgan fingerprint density at radius 1 is 1.23 bits per heavy atom. The summed E-state index contributed by atoms with van der Waals surface area (Å²) in [5.41, 5.74) is 0.520. The van der Waals surface area contributed by atoms with Gasteiger partial charge >= 0.3 is 0 Å². The van der Waals surface area contributed by atoms with Gasteiger partial charge in [0, 0.05) is 13.1 Å². The first-order valence-corrected chi connectivity index (χ1v) is 5.75. The van der Waals surface area contributed by atoms with Gasteiger partial charge in [0.15, 0.2) is 0 Å². The van der Waals surface area contributed by atoms with Gasteiger partial charge in [-0.15, -0.1) is 0 Å². The lowest BCUT2D eigenvalue weighted by atomic mass is 10.3. The largest absolute Gasteiger partial charge is 0.242 e. The first kappa shape index (κ1) is 10.5. The van der Waals surface area contributed by atoms with Crippen LogP contribution in [0, 0.1) is 0 Å². The molecule has 0 saturated carbocycles. The van der Waals surface area contributed by atoms with Crippen LogP contribution < -0.4 is 0 Å². The average Bonchev–Trinajstić information content (AvgIpc) is 2.54. The van der Waals surface area contributed by atoms with Crippen LogP contribution in [0.4, 0.5) is 0 Å². The molecule has 3 nitrogen and oxygen atoms in total. The van der Waals surface area contributed by atoms with E-state index in [0.29, 0.717) is 18.7 Å². The van der Waals surface area contributed by atoms with Gasteiger partial charge in [0.1, 0.15) is 0 Å². The number of nitrogens with zero attached hydrogens (tertiary/aromatic N) is 1. The van der Waals surface area contributed by atoms with E-state index < -0.39 is 10.0 Å². The lowest BCUT2D eigenvalue weighted by Crippen LogP contribution is -2.28. The Bertz CT molecular complexity index is 324. The maximum Gasteiger partial charge on any atom is 0.242 e. The van der Waals surface area contributed by atoms with Crippen molar-refractivity contribution >= 4 is 10.0 Å². The molecule has 1 fully saturated rings. The summed E-state index contributed by atoms with van der Waals surface area (Å²) >= 11 is 0. The number of allylic oxidation sites excluding steroid dienone is 1. The molecule has 0 unspecified atom stereocenters. The summed E-state index contributed by atoms with van der Waals surface area (Å²) in [6.45, 7) is 10.0. The van der Waals surface area contributed by atoms with Crippen molar-refractivity contribution in [1.29, 1.82) is 0 Å². The third-order valence-electron chi connectivity index (χ3n) is 2.19. The van der Waals surface area contributed by atoms with E-state index in [9.17, 15) is 8.42 Å². The fraction of sp³-hybridized carbons (Fsp3) is 0.556. The highest BCUT2D eigenvalue weighted by molar-refractivity contribution is 7.93. The molecule has 0 atom stereocenters. The van der Waals surface area contributed by atoms with E-state index in [-0.39, 0.29) is 4.91 Å². The van der Waals surface area contributed by atoms with Crippen molar-refractivity contribution in [3.8, 4) is 0 Å². The molecule has 0 amide bonds. The van der Waals surface area contributed by atoms with E-state index in [4.69, 9.17) is 0 Å². The van der Waals surface area contributed by atoms with Crippen molar-refractivity contribution in [3.63, 3.8) is 0 Å². The van der Waals surface area contributed by atoms with Gasteiger partial charge in [-0.3, -0.25) is 0 Å². The van der Waals surface area contributed by atoms with Crippen LogP contribution in [0.3, 0.4) is 0 Å². The molecule has 0 bridgehead atoms. The Morgan fingerprint density at radius 2 is 1.69 bits per heavy atom. The molecule has 0 aromatic heterocycles. The second-order valence-corrected chi connectivity index (χ2v) is 5.27. The van der Waals surface area contributed by atoms with Crippen molar-refractivity contribution < 1.29 is 8.42 Å². The molecule has 0 radical (unpaired) electrons. The monoisotopic (exact) mass is 201 g/mol. The molecule has 0 aliphatic carbocycles. The second-order valence-electron chi connectivity index (χ2n) is 3.31. The van der Waals surface area contributed by atoms with Gasteiger partial charge < -0.3 is 0 Å². The smallest absolute Gasteiger partial charge is 0.207 e. The summed E-state index contributed by atoms with van der Waals surface area (Å²) in [5.74, 6) is 0. The van der Waals surface area contributed by atoms with Gasteiger partial charge in [0.05, 0.1) is 4.91 Å². The molecule has 1 saturated heterocycles. The summed E-state index contributed by atoms with van der Waals surface area (Å²) < 4.78 is 25.0. The molecule has 1 aliphatic rings. The van der Waals surface area contributed by atoms with Crippen LogP contribution in [0.1, 0.15) is 19.8 Å². The lowest BCUT2D eigenvalue weighted by Gasteiger charge is -2.16. The fourth-order valence-electron chi connectivity index (χ4n) is 1.30. The highest BCUT2D eigenvalue weighted by Crippen LogP contribution is 2.21. The summed E-state index contributed by atoms with van der Waals surface area (Å²) in [6.07, 6.45) is 1.89. The van der Waals surface area contributed by atoms with Crippen molar-refractivity contribution in [3.05, 3.63) is 23.6 Å². The van der Waals surface area contributed by atoms with E-state index in [1.807, 2.05) is 0 Å². The molecule has 13 heavy (non-hydrogen) atoms. The minimum Gasteiger partial charge on any atom is -0.207 e. The Morgan fingerprint density at radius 3 is 2.08 bits per heavy atom. The summed E-state index contributed by atoms with van der Waals surface area (Å²) in [5, 5.41) is 0. The van der Waals surface area contributed by atoms with Crippen molar-refractivity contribution in [2.75, 3.05) is 13.1 Å². The van der Waals surface area contributed by atoms with Crippen LogP contribution in [-0.2, 0) is 10.0 Å². The average molecular weight is 201 g/mol. The van der Waals surface area contributed by atoms with E-state index in [0.717, 1.165) is 12.8 Å². The molecule has 0 spiro atoms. The van der Waals surface area contributed by atoms with Crippen LogP contribution in [0.5, 0.6) is 0 Å². The van der Waals surface area contributed by atoms with Crippen molar-refractivity contribution in [1.82, 2.24) is 4.31 Å². The predicted octanol–water partition coefficient (Wildman–Crippen LogP) is 1.50. The topological polar surface area (TPSA) is 37.4 Å². The zero-order chi connectivity index (χ0) is 10.1. The predicted molar refractivity (Wildman–Crippen MR) is 53.7 cm³/mol. The Balaban J connectivity index is 2.88. The van der Waals surface area contributed by atoms with Crippen LogP contribution >= 0.6 is 0 Å². The maximum atomic E-state index is 11.7. The van der Waals surface area contributed by atoms with Gasteiger partial charge in [-0.25, -0.2) is 8.42 Å². The quantitative estimate of drug-likeness (QED) is 0.649. The summed E-state index contributed by atoms with van der Waals surface area (Å²) in [4.78, 5) is 0.148. The molecule has 74 valence electrons. The van der Waals surface area contributed by atoms with E-state index >= 15 is 0 Å². The van der Waals surface area contributed by atoms with Crippen LogP contribution in [0.2, 0.25) is 0 Å². The SMILES string of the molecule is C=C(C)C(=C)S(=O)(=O)N1CCCC1. The summed E-state index contributed by atoms with van der Waals surface area (Å²) in [6, 6.07) is 0. The van der Waals surface area contributed by atoms with Gasteiger partial charge in [-0.1, -0.05) is 13.2 Å². The number of hydrogen-bond donors (Lipinski definition) is 0. The minimum absolute atomic E-state index is 0.148. The Hall–Kier alpha value is -0.610. The highest BCUT2D eigenvalue weighted by atomic mass is 32.2. The van der Waals surface area contributed by atoms with Crippen molar-refractivity contribution in [2.24, 2.45) is 0 Å². The molecule has 4 heteroatoms. The third-order valence-corrected chi connectivity index (χ3v) is 4.21. The molecule has 0 aromatic rings. The minimum atomic E-state index is -3.30.